The third kappa shape index (κ3) is 2.92. The van der Waals surface area contributed by atoms with E-state index in [2.05, 4.69) is 4.72 Å². The minimum Gasteiger partial charge on any atom is -0.398 e. The fraction of sp³-hybridized carbons (Fsp3) is 0.571. The maximum Gasteiger partial charge on any atom is 0.243 e. The van der Waals surface area contributed by atoms with Crippen LogP contribution in [0.5, 0.6) is 0 Å². The SMILES string of the molecule is Cc1cc(N)c(S(=O)(=O)NC(C)(C)C2CC2)cc1C. The maximum atomic E-state index is 12.5. The number of rotatable bonds is 4. The van der Waals surface area contributed by atoms with Crippen LogP contribution in [0.25, 0.3) is 0 Å². The molecule has 1 aliphatic rings. The van der Waals surface area contributed by atoms with Crippen LogP contribution in [0, 0.1) is 19.8 Å². The molecule has 0 bridgehead atoms. The highest BCUT2D eigenvalue weighted by Gasteiger charge is 2.40. The topological polar surface area (TPSA) is 72.2 Å². The van der Waals surface area contributed by atoms with Gasteiger partial charge in [-0.3, -0.25) is 0 Å². The van der Waals surface area contributed by atoms with E-state index in [0.29, 0.717) is 11.6 Å². The van der Waals surface area contributed by atoms with E-state index in [1.54, 1.807) is 12.1 Å². The number of nitrogens with two attached hydrogens (primary N) is 1. The molecule has 106 valence electrons. The van der Waals surface area contributed by atoms with Crippen LogP contribution in [-0.2, 0) is 10.0 Å². The van der Waals surface area contributed by atoms with Gasteiger partial charge in [-0.1, -0.05) is 0 Å². The molecule has 1 fully saturated rings. The summed E-state index contributed by atoms with van der Waals surface area (Å²) in [7, 11) is -3.57. The van der Waals surface area contributed by atoms with Gasteiger partial charge in [-0.2, -0.15) is 0 Å². The van der Waals surface area contributed by atoms with Gasteiger partial charge >= 0.3 is 0 Å². The Balaban J connectivity index is 2.37. The van der Waals surface area contributed by atoms with Crippen molar-refractivity contribution >= 4 is 15.7 Å². The predicted octanol–water partition coefficient (Wildman–Crippen LogP) is 2.35. The Labute approximate surface area is 115 Å². The number of nitrogen functional groups attached to an aromatic ring is 1. The molecule has 1 saturated carbocycles. The summed E-state index contributed by atoms with van der Waals surface area (Å²) in [6, 6.07) is 3.37. The van der Waals surface area contributed by atoms with E-state index in [1.807, 2.05) is 27.7 Å². The van der Waals surface area contributed by atoms with Gasteiger partial charge in [-0.25, -0.2) is 13.1 Å². The lowest BCUT2D eigenvalue weighted by Crippen LogP contribution is -2.45. The van der Waals surface area contributed by atoms with Crippen LogP contribution in [0.3, 0.4) is 0 Å². The molecule has 4 nitrogen and oxygen atoms in total. The normalized spacial score (nSPS) is 16.6. The molecule has 0 aliphatic heterocycles. The fourth-order valence-electron chi connectivity index (χ4n) is 2.33. The predicted molar refractivity (Wildman–Crippen MR) is 77.5 cm³/mol. The van der Waals surface area contributed by atoms with Gasteiger partial charge in [0.15, 0.2) is 0 Å². The van der Waals surface area contributed by atoms with Crippen LogP contribution in [0.4, 0.5) is 5.69 Å². The largest absolute Gasteiger partial charge is 0.398 e. The number of aryl methyl sites for hydroxylation is 2. The van der Waals surface area contributed by atoms with Crippen molar-refractivity contribution in [3.05, 3.63) is 23.3 Å². The van der Waals surface area contributed by atoms with Crippen molar-refractivity contribution in [1.29, 1.82) is 0 Å². The highest BCUT2D eigenvalue weighted by molar-refractivity contribution is 7.89. The molecule has 0 aromatic heterocycles. The Kier molecular flexibility index (Phi) is 3.39. The first-order chi connectivity index (χ1) is 8.63. The van der Waals surface area contributed by atoms with Crippen molar-refractivity contribution < 1.29 is 8.42 Å². The molecule has 0 radical (unpaired) electrons. The summed E-state index contributed by atoms with van der Waals surface area (Å²) in [5.74, 6) is 0.426. The Bertz CT molecular complexity index is 602. The van der Waals surface area contributed by atoms with Gasteiger partial charge in [-0.05, 0) is 69.7 Å². The van der Waals surface area contributed by atoms with Crippen molar-refractivity contribution in [3.8, 4) is 0 Å². The fourth-order valence-corrected chi connectivity index (χ4v) is 4.00. The summed E-state index contributed by atoms with van der Waals surface area (Å²) in [6.45, 7) is 7.67. The van der Waals surface area contributed by atoms with Crippen molar-refractivity contribution in [2.75, 3.05) is 5.73 Å². The third-order valence-corrected chi connectivity index (χ3v) is 5.64. The van der Waals surface area contributed by atoms with Crippen molar-refractivity contribution in [3.63, 3.8) is 0 Å². The highest BCUT2D eigenvalue weighted by Crippen LogP contribution is 2.40. The number of benzene rings is 1. The Hall–Kier alpha value is -1.07. The van der Waals surface area contributed by atoms with E-state index >= 15 is 0 Å². The first kappa shape index (κ1) is 14.3. The number of hydrogen-bond acceptors (Lipinski definition) is 3. The lowest BCUT2D eigenvalue weighted by molar-refractivity contribution is 0.400. The number of sulfonamides is 1. The molecule has 0 heterocycles. The summed E-state index contributed by atoms with van der Waals surface area (Å²) in [4.78, 5) is 0.185. The molecule has 19 heavy (non-hydrogen) atoms. The summed E-state index contributed by atoms with van der Waals surface area (Å²) in [6.07, 6.45) is 2.16. The summed E-state index contributed by atoms with van der Waals surface area (Å²) in [5, 5.41) is 0. The second-order valence-electron chi connectivity index (χ2n) is 6.08. The monoisotopic (exact) mass is 282 g/mol. The number of anilines is 1. The second kappa shape index (κ2) is 4.49. The van der Waals surface area contributed by atoms with Crippen molar-refractivity contribution in [1.82, 2.24) is 4.72 Å². The molecule has 1 aromatic rings. The molecule has 1 aromatic carbocycles. The number of hydrogen-bond donors (Lipinski definition) is 2. The van der Waals surface area contributed by atoms with Crippen LogP contribution in [0.1, 0.15) is 37.8 Å². The Morgan fingerprint density at radius 1 is 1.21 bits per heavy atom. The lowest BCUT2D eigenvalue weighted by Gasteiger charge is -2.26. The second-order valence-corrected chi connectivity index (χ2v) is 7.73. The van der Waals surface area contributed by atoms with E-state index in [1.165, 1.54) is 0 Å². The van der Waals surface area contributed by atoms with Gasteiger partial charge in [0.25, 0.3) is 0 Å². The zero-order chi connectivity index (χ0) is 14.4. The molecular formula is C14H22N2O2S. The highest BCUT2D eigenvalue weighted by atomic mass is 32.2. The molecule has 0 spiro atoms. The number of nitrogens with one attached hydrogen (secondary N) is 1. The van der Waals surface area contributed by atoms with Gasteiger partial charge in [-0.15, -0.1) is 0 Å². The Morgan fingerprint density at radius 2 is 1.74 bits per heavy atom. The summed E-state index contributed by atoms with van der Waals surface area (Å²) in [5.41, 5.74) is 7.69. The molecule has 1 aliphatic carbocycles. The third-order valence-electron chi connectivity index (χ3n) is 3.91. The van der Waals surface area contributed by atoms with E-state index in [4.69, 9.17) is 5.73 Å². The van der Waals surface area contributed by atoms with Gasteiger partial charge in [0.05, 0.1) is 5.69 Å². The molecule has 5 heteroatoms. The molecular weight excluding hydrogens is 260 g/mol. The van der Waals surface area contributed by atoms with E-state index in [-0.39, 0.29) is 4.90 Å². The smallest absolute Gasteiger partial charge is 0.243 e. The average Bonchev–Trinajstić information content (AvgIpc) is 3.05. The quantitative estimate of drug-likeness (QED) is 0.833. The van der Waals surface area contributed by atoms with Crippen molar-refractivity contribution in [2.24, 2.45) is 5.92 Å². The lowest BCUT2D eigenvalue weighted by atomic mass is 10.0. The minimum atomic E-state index is -3.57. The molecule has 0 amide bonds. The zero-order valence-electron chi connectivity index (χ0n) is 11.9. The van der Waals surface area contributed by atoms with Crippen LogP contribution in [0.15, 0.2) is 17.0 Å². The first-order valence-corrected chi connectivity index (χ1v) is 8.02. The molecule has 0 unspecified atom stereocenters. The van der Waals surface area contributed by atoms with Crippen LogP contribution in [-0.4, -0.2) is 14.0 Å². The van der Waals surface area contributed by atoms with Crippen LogP contribution in [0.2, 0.25) is 0 Å². The van der Waals surface area contributed by atoms with E-state index < -0.39 is 15.6 Å². The minimum absolute atomic E-state index is 0.185. The molecule has 3 N–H and O–H groups in total. The van der Waals surface area contributed by atoms with E-state index in [0.717, 1.165) is 24.0 Å². The first-order valence-electron chi connectivity index (χ1n) is 6.54. The van der Waals surface area contributed by atoms with Crippen LogP contribution < -0.4 is 10.5 Å². The van der Waals surface area contributed by atoms with Gasteiger partial charge in [0, 0.05) is 5.54 Å². The Morgan fingerprint density at radius 3 is 2.26 bits per heavy atom. The molecule has 2 rings (SSSR count). The van der Waals surface area contributed by atoms with Gasteiger partial charge in [0.2, 0.25) is 10.0 Å². The molecule has 0 saturated heterocycles. The standard InChI is InChI=1S/C14H22N2O2S/c1-9-7-12(15)13(8-10(9)2)19(17,18)16-14(3,4)11-5-6-11/h7-8,11,16H,5-6,15H2,1-4H3. The van der Waals surface area contributed by atoms with Gasteiger partial charge < -0.3 is 5.73 Å². The van der Waals surface area contributed by atoms with Crippen molar-refractivity contribution in [2.45, 2.75) is 51.0 Å². The van der Waals surface area contributed by atoms with Crippen LogP contribution >= 0.6 is 0 Å². The maximum absolute atomic E-state index is 12.5. The van der Waals surface area contributed by atoms with E-state index in [9.17, 15) is 8.42 Å². The van der Waals surface area contributed by atoms with Gasteiger partial charge in [0.1, 0.15) is 4.90 Å². The summed E-state index contributed by atoms with van der Waals surface area (Å²) >= 11 is 0. The summed E-state index contributed by atoms with van der Waals surface area (Å²) < 4.78 is 27.7. The average molecular weight is 282 g/mol. The molecule has 0 atom stereocenters. The zero-order valence-corrected chi connectivity index (χ0v) is 12.8.